The van der Waals surface area contributed by atoms with Crippen molar-refractivity contribution in [3.63, 3.8) is 0 Å². The summed E-state index contributed by atoms with van der Waals surface area (Å²) in [7, 11) is 0. The molecular formula is C17H16O2. The van der Waals surface area contributed by atoms with Gasteiger partial charge in [-0.15, -0.1) is 0 Å². The summed E-state index contributed by atoms with van der Waals surface area (Å²) < 4.78 is 0. The molecule has 2 aromatic rings. The second-order valence-corrected chi connectivity index (χ2v) is 4.49. The molecule has 19 heavy (non-hydrogen) atoms. The van der Waals surface area contributed by atoms with E-state index in [0.717, 1.165) is 17.4 Å². The Morgan fingerprint density at radius 1 is 0.947 bits per heavy atom. The van der Waals surface area contributed by atoms with E-state index >= 15 is 0 Å². The number of rotatable bonds is 6. The molecule has 2 nitrogen and oxygen atoms in total. The Kier molecular flexibility index (Phi) is 4.62. The average Bonchev–Trinajstić information content (AvgIpc) is 2.46. The fourth-order valence-corrected chi connectivity index (χ4v) is 2.16. The predicted octanol–water partition coefficient (Wildman–Crippen LogP) is 3.17. The van der Waals surface area contributed by atoms with Gasteiger partial charge in [0.25, 0.3) is 0 Å². The van der Waals surface area contributed by atoms with E-state index in [-0.39, 0.29) is 18.1 Å². The molecule has 0 aromatic heterocycles. The highest BCUT2D eigenvalue weighted by atomic mass is 16.1. The number of aldehydes is 1. The molecule has 0 N–H and O–H groups in total. The molecule has 0 saturated carbocycles. The van der Waals surface area contributed by atoms with Crippen LogP contribution in [0.25, 0.3) is 0 Å². The maximum Gasteiger partial charge on any atom is 0.145 e. The van der Waals surface area contributed by atoms with Crippen molar-refractivity contribution in [2.24, 2.45) is 0 Å². The maximum absolute atomic E-state index is 12.3. The second-order valence-electron chi connectivity index (χ2n) is 4.49. The lowest BCUT2D eigenvalue weighted by Crippen LogP contribution is -2.15. The Bertz CT molecular complexity index is 532. The van der Waals surface area contributed by atoms with Crippen LogP contribution in [0.3, 0.4) is 0 Å². The van der Waals surface area contributed by atoms with Gasteiger partial charge in [-0.3, -0.25) is 4.79 Å². The summed E-state index contributed by atoms with van der Waals surface area (Å²) in [5.41, 5.74) is 1.90. The third-order valence-corrected chi connectivity index (χ3v) is 3.14. The first-order valence-corrected chi connectivity index (χ1v) is 6.36. The molecule has 1 atom stereocenters. The summed E-state index contributed by atoms with van der Waals surface area (Å²) >= 11 is 0. The van der Waals surface area contributed by atoms with E-state index in [2.05, 4.69) is 0 Å². The van der Waals surface area contributed by atoms with E-state index in [1.807, 2.05) is 60.7 Å². The number of hydrogen-bond acceptors (Lipinski definition) is 2. The summed E-state index contributed by atoms with van der Waals surface area (Å²) in [6, 6.07) is 19.1. The van der Waals surface area contributed by atoms with Crippen molar-refractivity contribution < 1.29 is 9.59 Å². The van der Waals surface area contributed by atoms with E-state index in [0.29, 0.717) is 6.42 Å². The van der Waals surface area contributed by atoms with Crippen LogP contribution < -0.4 is 0 Å². The molecule has 0 fully saturated rings. The fraction of sp³-hybridized carbons (Fsp3) is 0.176. The largest absolute Gasteiger partial charge is 0.303 e. The summed E-state index contributed by atoms with van der Waals surface area (Å²) in [5, 5.41) is 0. The molecule has 0 heterocycles. The smallest absolute Gasteiger partial charge is 0.145 e. The lowest BCUT2D eigenvalue weighted by atomic mass is 9.89. The molecule has 0 amide bonds. The topological polar surface area (TPSA) is 34.1 Å². The van der Waals surface area contributed by atoms with E-state index < -0.39 is 0 Å². The fourth-order valence-electron chi connectivity index (χ4n) is 2.16. The van der Waals surface area contributed by atoms with Crippen molar-refractivity contribution in [2.75, 3.05) is 0 Å². The van der Waals surface area contributed by atoms with Gasteiger partial charge in [0.05, 0.1) is 0 Å². The monoisotopic (exact) mass is 252 g/mol. The van der Waals surface area contributed by atoms with Gasteiger partial charge in [0.2, 0.25) is 0 Å². The molecule has 0 aliphatic rings. The van der Waals surface area contributed by atoms with Crippen LogP contribution in [-0.2, 0) is 16.0 Å². The number of ketones is 1. The predicted molar refractivity (Wildman–Crippen MR) is 75.0 cm³/mol. The van der Waals surface area contributed by atoms with Crippen LogP contribution in [-0.4, -0.2) is 12.1 Å². The van der Waals surface area contributed by atoms with E-state index in [1.54, 1.807) is 0 Å². The van der Waals surface area contributed by atoms with Gasteiger partial charge in [-0.25, -0.2) is 0 Å². The number of carbonyl (C=O) groups excluding carboxylic acids is 2. The first kappa shape index (κ1) is 13.2. The van der Waals surface area contributed by atoms with Crippen molar-refractivity contribution in [1.82, 2.24) is 0 Å². The van der Waals surface area contributed by atoms with Gasteiger partial charge >= 0.3 is 0 Å². The van der Waals surface area contributed by atoms with E-state index in [1.165, 1.54) is 0 Å². The molecule has 0 aliphatic carbocycles. The van der Waals surface area contributed by atoms with E-state index in [4.69, 9.17) is 0 Å². The molecule has 0 bridgehead atoms. The number of carbonyl (C=O) groups is 2. The molecule has 1 unspecified atom stereocenters. The van der Waals surface area contributed by atoms with Crippen LogP contribution in [0.2, 0.25) is 0 Å². The SMILES string of the molecule is O=CCC(C(=O)Cc1ccccc1)c1ccccc1. The quantitative estimate of drug-likeness (QED) is 0.740. The summed E-state index contributed by atoms with van der Waals surface area (Å²) in [4.78, 5) is 23.1. The molecular weight excluding hydrogens is 236 g/mol. The standard InChI is InChI=1S/C17H16O2/c18-12-11-16(15-9-5-2-6-10-15)17(19)13-14-7-3-1-4-8-14/h1-10,12,16H,11,13H2. The van der Waals surface area contributed by atoms with Crippen LogP contribution in [0, 0.1) is 0 Å². The molecule has 0 radical (unpaired) electrons. The minimum absolute atomic E-state index is 0.0875. The second kappa shape index (κ2) is 6.64. The Morgan fingerprint density at radius 3 is 2.11 bits per heavy atom. The van der Waals surface area contributed by atoms with Gasteiger partial charge in [0.15, 0.2) is 0 Å². The minimum atomic E-state index is -0.334. The lowest BCUT2D eigenvalue weighted by molar-refractivity contribution is -0.121. The van der Waals surface area contributed by atoms with Crippen LogP contribution in [0.5, 0.6) is 0 Å². The average molecular weight is 252 g/mol. The van der Waals surface area contributed by atoms with Crippen LogP contribution in [0.1, 0.15) is 23.5 Å². The molecule has 2 rings (SSSR count). The number of Topliss-reactive ketones (excluding diaryl/α,β-unsaturated/α-hetero) is 1. The van der Waals surface area contributed by atoms with Crippen molar-refractivity contribution in [3.05, 3.63) is 71.8 Å². The van der Waals surface area contributed by atoms with E-state index in [9.17, 15) is 9.59 Å². The number of hydrogen-bond donors (Lipinski definition) is 0. The highest BCUT2D eigenvalue weighted by Crippen LogP contribution is 2.21. The van der Waals surface area contributed by atoms with Gasteiger partial charge in [-0.1, -0.05) is 60.7 Å². The first-order chi connectivity index (χ1) is 9.31. The molecule has 0 spiro atoms. The Balaban J connectivity index is 2.15. The third-order valence-electron chi connectivity index (χ3n) is 3.14. The van der Waals surface area contributed by atoms with Gasteiger partial charge < -0.3 is 4.79 Å². The van der Waals surface area contributed by atoms with Crippen molar-refractivity contribution in [1.29, 1.82) is 0 Å². The zero-order valence-corrected chi connectivity index (χ0v) is 10.7. The summed E-state index contributed by atoms with van der Waals surface area (Å²) in [6.45, 7) is 0. The van der Waals surface area contributed by atoms with Crippen molar-refractivity contribution in [3.8, 4) is 0 Å². The van der Waals surface area contributed by atoms with Crippen LogP contribution >= 0.6 is 0 Å². The normalized spacial score (nSPS) is 11.8. The number of benzene rings is 2. The Labute approximate surface area is 113 Å². The van der Waals surface area contributed by atoms with Crippen molar-refractivity contribution >= 4 is 12.1 Å². The molecule has 0 aliphatic heterocycles. The maximum atomic E-state index is 12.3. The van der Waals surface area contributed by atoms with Gasteiger partial charge in [0, 0.05) is 18.8 Å². The third kappa shape index (κ3) is 3.62. The van der Waals surface area contributed by atoms with Crippen LogP contribution in [0.4, 0.5) is 0 Å². The Morgan fingerprint density at radius 2 is 1.53 bits per heavy atom. The highest BCUT2D eigenvalue weighted by molar-refractivity contribution is 5.89. The zero-order valence-electron chi connectivity index (χ0n) is 10.7. The Hall–Kier alpha value is -2.22. The van der Waals surface area contributed by atoms with Gasteiger partial charge in [0.1, 0.15) is 12.1 Å². The summed E-state index contributed by atoms with van der Waals surface area (Å²) in [6.07, 6.45) is 1.44. The summed E-state index contributed by atoms with van der Waals surface area (Å²) in [5.74, 6) is -0.247. The lowest BCUT2D eigenvalue weighted by Gasteiger charge is -2.13. The molecule has 2 aromatic carbocycles. The highest BCUT2D eigenvalue weighted by Gasteiger charge is 2.19. The van der Waals surface area contributed by atoms with Gasteiger partial charge in [-0.05, 0) is 11.1 Å². The first-order valence-electron chi connectivity index (χ1n) is 6.36. The molecule has 96 valence electrons. The zero-order chi connectivity index (χ0) is 13.5. The molecule has 2 heteroatoms. The molecule has 0 saturated heterocycles. The van der Waals surface area contributed by atoms with Gasteiger partial charge in [-0.2, -0.15) is 0 Å². The minimum Gasteiger partial charge on any atom is -0.303 e. The van der Waals surface area contributed by atoms with Crippen molar-refractivity contribution in [2.45, 2.75) is 18.8 Å². The van der Waals surface area contributed by atoms with Crippen LogP contribution in [0.15, 0.2) is 60.7 Å².